The molecule has 2 N–H and O–H groups in total. The third kappa shape index (κ3) is 1.74. The average Bonchev–Trinajstić information content (AvgIpc) is 3.31. The molecule has 5 rings (SSSR count). The third-order valence-electron chi connectivity index (χ3n) is 5.60. The molecule has 0 aromatic heterocycles. The minimum atomic E-state index is -0.363. The summed E-state index contributed by atoms with van der Waals surface area (Å²) in [6.45, 7) is 2.12. The van der Waals surface area contributed by atoms with E-state index < -0.39 is 0 Å². The van der Waals surface area contributed by atoms with Crippen molar-refractivity contribution >= 4 is 23.5 Å². The SMILES string of the molecule is CCC1N=Cc2ccc(C3CC34C(=O)Nc3ccccc34)cc2N1. The van der Waals surface area contributed by atoms with Crippen LogP contribution in [0, 0.1) is 0 Å². The van der Waals surface area contributed by atoms with Gasteiger partial charge < -0.3 is 10.6 Å². The Morgan fingerprint density at radius 3 is 2.96 bits per heavy atom. The Morgan fingerprint density at radius 1 is 1.21 bits per heavy atom. The van der Waals surface area contributed by atoms with Gasteiger partial charge in [0.15, 0.2) is 0 Å². The first-order valence-corrected chi connectivity index (χ1v) is 8.57. The van der Waals surface area contributed by atoms with E-state index in [0.717, 1.165) is 35.3 Å². The standard InChI is InChI=1S/C20H19N3O/c1-2-18-21-11-13-8-7-12(9-17(13)22-18)15-10-20(15)14-5-3-4-6-16(14)23-19(20)24/h3-9,11,15,18,22H,2,10H2,1H3,(H,23,24). The number of carbonyl (C=O) groups is 1. The lowest BCUT2D eigenvalue weighted by Crippen LogP contribution is -2.22. The fraction of sp³-hybridized carbons (Fsp3) is 0.300. The molecule has 4 heteroatoms. The Morgan fingerprint density at radius 2 is 2.08 bits per heavy atom. The van der Waals surface area contributed by atoms with Gasteiger partial charge in [-0.3, -0.25) is 9.79 Å². The van der Waals surface area contributed by atoms with Crippen molar-refractivity contribution in [2.45, 2.75) is 37.3 Å². The summed E-state index contributed by atoms with van der Waals surface area (Å²) in [5.74, 6) is 0.402. The summed E-state index contributed by atoms with van der Waals surface area (Å²) in [7, 11) is 0. The first-order chi connectivity index (χ1) is 11.7. The molecule has 1 amide bonds. The Hall–Kier alpha value is -2.62. The first kappa shape index (κ1) is 13.8. The monoisotopic (exact) mass is 317 g/mol. The van der Waals surface area contributed by atoms with Gasteiger partial charge in [0.25, 0.3) is 0 Å². The Labute approximate surface area is 141 Å². The predicted octanol–water partition coefficient (Wildman–Crippen LogP) is 3.64. The summed E-state index contributed by atoms with van der Waals surface area (Å²) in [4.78, 5) is 17.1. The maximum Gasteiger partial charge on any atom is 0.235 e. The second-order valence-electron chi connectivity index (χ2n) is 6.92. The molecule has 1 spiro atoms. The van der Waals surface area contributed by atoms with E-state index in [1.54, 1.807) is 0 Å². The van der Waals surface area contributed by atoms with Crippen LogP contribution in [0.1, 0.15) is 42.4 Å². The van der Waals surface area contributed by atoms with E-state index in [1.165, 1.54) is 5.56 Å². The lowest BCUT2D eigenvalue weighted by molar-refractivity contribution is -0.118. The summed E-state index contributed by atoms with van der Waals surface area (Å²) in [5.41, 5.74) is 5.24. The number of benzene rings is 2. The van der Waals surface area contributed by atoms with Crippen LogP contribution in [-0.2, 0) is 10.2 Å². The summed E-state index contributed by atoms with van der Waals surface area (Å²) in [6.07, 6.45) is 3.95. The van der Waals surface area contributed by atoms with Gasteiger partial charge in [0.05, 0.1) is 5.41 Å². The fourth-order valence-corrected chi connectivity index (χ4v) is 4.17. The number of hydrogen-bond donors (Lipinski definition) is 2. The number of rotatable bonds is 2. The van der Waals surface area contributed by atoms with Crippen LogP contribution < -0.4 is 10.6 Å². The van der Waals surface area contributed by atoms with Crippen molar-refractivity contribution in [3.8, 4) is 0 Å². The number of para-hydroxylation sites is 1. The molecule has 2 aromatic rings. The summed E-state index contributed by atoms with van der Waals surface area (Å²) >= 11 is 0. The molecule has 2 aromatic carbocycles. The quantitative estimate of drug-likeness (QED) is 0.888. The molecule has 3 unspecified atom stereocenters. The van der Waals surface area contributed by atoms with Crippen LogP contribution in [0.25, 0.3) is 0 Å². The van der Waals surface area contributed by atoms with E-state index in [4.69, 9.17) is 0 Å². The van der Waals surface area contributed by atoms with Gasteiger partial charge in [-0.25, -0.2) is 0 Å². The highest BCUT2D eigenvalue weighted by Gasteiger charge is 2.65. The molecule has 120 valence electrons. The van der Waals surface area contributed by atoms with Gasteiger partial charge in [-0.05, 0) is 36.1 Å². The summed E-state index contributed by atoms with van der Waals surface area (Å²) in [5, 5.41) is 6.53. The fourth-order valence-electron chi connectivity index (χ4n) is 4.17. The van der Waals surface area contributed by atoms with Crippen molar-refractivity contribution in [2.75, 3.05) is 10.6 Å². The highest BCUT2D eigenvalue weighted by Crippen LogP contribution is 2.65. The Balaban J connectivity index is 1.52. The van der Waals surface area contributed by atoms with Gasteiger partial charge in [0, 0.05) is 29.1 Å². The van der Waals surface area contributed by atoms with Crippen molar-refractivity contribution in [2.24, 2.45) is 4.99 Å². The number of nitrogens with one attached hydrogen (secondary N) is 2. The highest BCUT2D eigenvalue weighted by molar-refractivity contribution is 6.09. The third-order valence-corrected chi connectivity index (χ3v) is 5.60. The van der Waals surface area contributed by atoms with Gasteiger partial charge in [0.1, 0.15) is 6.17 Å². The molecular weight excluding hydrogens is 298 g/mol. The zero-order valence-corrected chi connectivity index (χ0v) is 13.5. The molecule has 1 aliphatic carbocycles. The maximum absolute atomic E-state index is 12.6. The molecule has 4 nitrogen and oxygen atoms in total. The molecule has 24 heavy (non-hydrogen) atoms. The molecule has 0 radical (unpaired) electrons. The summed E-state index contributed by atoms with van der Waals surface area (Å²) in [6, 6.07) is 14.5. The van der Waals surface area contributed by atoms with Crippen molar-refractivity contribution in [1.82, 2.24) is 0 Å². The van der Waals surface area contributed by atoms with Crippen molar-refractivity contribution in [3.05, 3.63) is 59.2 Å². The largest absolute Gasteiger partial charge is 0.363 e. The van der Waals surface area contributed by atoms with Crippen molar-refractivity contribution in [1.29, 1.82) is 0 Å². The molecule has 1 fully saturated rings. The highest BCUT2D eigenvalue weighted by atomic mass is 16.2. The average molecular weight is 317 g/mol. The van der Waals surface area contributed by atoms with E-state index in [-0.39, 0.29) is 23.4 Å². The number of hydrogen-bond acceptors (Lipinski definition) is 3. The molecule has 3 atom stereocenters. The number of aliphatic imine (C=N–C) groups is 1. The van der Waals surface area contributed by atoms with E-state index >= 15 is 0 Å². The normalized spacial score (nSPS) is 29.0. The molecule has 0 saturated heterocycles. The molecule has 3 aliphatic rings. The van der Waals surface area contributed by atoms with Gasteiger partial charge in [-0.1, -0.05) is 37.3 Å². The predicted molar refractivity (Wildman–Crippen MR) is 95.8 cm³/mol. The van der Waals surface area contributed by atoms with E-state index in [1.807, 2.05) is 24.4 Å². The van der Waals surface area contributed by atoms with Gasteiger partial charge >= 0.3 is 0 Å². The lowest BCUT2D eigenvalue weighted by atomic mass is 9.91. The first-order valence-electron chi connectivity index (χ1n) is 8.57. The molecule has 2 aliphatic heterocycles. The zero-order chi connectivity index (χ0) is 16.3. The lowest BCUT2D eigenvalue weighted by Gasteiger charge is -2.21. The van der Waals surface area contributed by atoms with Crippen LogP contribution in [0.15, 0.2) is 47.5 Å². The molecule has 1 saturated carbocycles. The van der Waals surface area contributed by atoms with Crippen LogP contribution >= 0.6 is 0 Å². The molecule has 2 heterocycles. The molecular formula is C20H19N3O. The number of amides is 1. The Kier molecular flexibility index (Phi) is 2.70. The van der Waals surface area contributed by atoms with Crippen molar-refractivity contribution < 1.29 is 4.79 Å². The van der Waals surface area contributed by atoms with Crippen molar-refractivity contribution in [3.63, 3.8) is 0 Å². The van der Waals surface area contributed by atoms with Gasteiger partial charge in [-0.2, -0.15) is 0 Å². The van der Waals surface area contributed by atoms with E-state index in [0.29, 0.717) is 0 Å². The number of carbonyl (C=O) groups excluding carboxylic acids is 1. The van der Waals surface area contributed by atoms with Crippen LogP contribution in [0.2, 0.25) is 0 Å². The number of nitrogens with zero attached hydrogens (tertiary/aromatic N) is 1. The zero-order valence-electron chi connectivity index (χ0n) is 13.5. The van der Waals surface area contributed by atoms with E-state index in [9.17, 15) is 4.79 Å². The molecule has 0 bridgehead atoms. The summed E-state index contributed by atoms with van der Waals surface area (Å²) < 4.78 is 0. The number of fused-ring (bicyclic) bond motifs is 3. The van der Waals surface area contributed by atoms with Crippen LogP contribution in [0.3, 0.4) is 0 Å². The second-order valence-corrected chi connectivity index (χ2v) is 6.92. The van der Waals surface area contributed by atoms with Gasteiger partial charge in [0.2, 0.25) is 5.91 Å². The Bertz CT molecular complexity index is 888. The minimum Gasteiger partial charge on any atom is -0.363 e. The van der Waals surface area contributed by atoms with E-state index in [2.05, 4.69) is 46.8 Å². The second kappa shape index (κ2) is 4.69. The number of anilines is 2. The van der Waals surface area contributed by atoms with Crippen LogP contribution in [0.5, 0.6) is 0 Å². The van der Waals surface area contributed by atoms with Crippen LogP contribution in [-0.4, -0.2) is 18.3 Å². The topological polar surface area (TPSA) is 53.5 Å². The van der Waals surface area contributed by atoms with Crippen LogP contribution in [0.4, 0.5) is 11.4 Å². The maximum atomic E-state index is 12.6. The minimum absolute atomic E-state index is 0.146. The van der Waals surface area contributed by atoms with Gasteiger partial charge in [-0.15, -0.1) is 0 Å². The smallest absolute Gasteiger partial charge is 0.235 e.